The van der Waals surface area contributed by atoms with Crippen LogP contribution in [-0.2, 0) is 42.9 Å². The van der Waals surface area contributed by atoms with Crippen molar-refractivity contribution in [2.24, 2.45) is 0 Å². The molecule has 0 radical (unpaired) electrons. The lowest BCUT2D eigenvalue weighted by molar-refractivity contribution is -0.301. The number of rotatable bonds is 53. The van der Waals surface area contributed by atoms with E-state index >= 15 is 0 Å². The number of aliphatic carboxylic acids is 1. The van der Waals surface area contributed by atoms with Crippen molar-refractivity contribution in [2.45, 2.75) is 302 Å². The van der Waals surface area contributed by atoms with E-state index in [0.29, 0.717) is 19.3 Å². The summed E-state index contributed by atoms with van der Waals surface area (Å²) in [7, 11) is 0. The Bertz CT molecular complexity index is 1700. The second-order valence-corrected chi connectivity index (χ2v) is 21.3. The summed E-state index contributed by atoms with van der Waals surface area (Å²) in [6, 6.07) is 0. The van der Waals surface area contributed by atoms with Crippen LogP contribution in [0.5, 0.6) is 0 Å². The van der Waals surface area contributed by atoms with Gasteiger partial charge in [-0.05, 0) is 109 Å². The van der Waals surface area contributed by atoms with Gasteiger partial charge in [0.25, 0.3) is 0 Å². The molecular formula is C67H112O12. The number of carbonyl (C=O) groups excluding carboxylic acids is 3. The number of aliphatic hydroxyl groups excluding tert-OH is 2. The first-order chi connectivity index (χ1) is 38.6. The van der Waals surface area contributed by atoms with Crippen molar-refractivity contribution in [3.05, 3.63) is 85.1 Å². The molecule has 0 aliphatic carbocycles. The minimum absolute atomic E-state index is 0.0519. The molecule has 0 aromatic rings. The summed E-state index contributed by atoms with van der Waals surface area (Å²) in [5.74, 6) is -3.17. The fourth-order valence-corrected chi connectivity index (χ4v) is 9.10. The molecule has 6 atom stereocenters. The minimum Gasteiger partial charge on any atom is -0.479 e. The number of carboxylic acids is 1. The molecule has 0 bridgehead atoms. The Morgan fingerprint density at radius 3 is 1.28 bits per heavy atom. The van der Waals surface area contributed by atoms with Crippen molar-refractivity contribution in [1.29, 1.82) is 0 Å². The Morgan fingerprint density at radius 1 is 0.430 bits per heavy atom. The van der Waals surface area contributed by atoms with E-state index in [0.717, 1.165) is 135 Å². The molecule has 0 aromatic heterocycles. The molecule has 6 unspecified atom stereocenters. The van der Waals surface area contributed by atoms with Crippen molar-refractivity contribution >= 4 is 23.9 Å². The third kappa shape index (κ3) is 44.3. The normalized spacial score (nSPS) is 18.4. The van der Waals surface area contributed by atoms with Gasteiger partial charge in [-0.3, -0.25) is 14.4 Å². The lowest BCUT2D eigenvalue weighted by Crippen LogP contribution is -2.61. The molecule has 0 aromatic carbocycles. The largest absolute Gasteiger partial charge is 0.479 e. The van der Waals surface area contributed by atoms with E-state index in [1.54, 1.807) is 0 Å². The number of esters is 3. The number of ether oxygens (including phenoxy) is 5. The van der Waals surface area contributed by atoms with Crippen LogP contribution in [0.15, 0.2) is 85.1 Å². The third-order valence-electron chi connectivity index (χ3n) is 13.9. The molecule has 1 aliphatic heterocycles. The Hall–Kier alpha value is -4.10. The number of hydrogen-bond acceptors (Lipinski definition) is 11. The smallest absolute Gasteiger partial charge is 0.335 e. The predicted octanol–water partition coefficient (Wildman–Crippen LogP) is 16.7. The van der Waals surface area contributed by atoms with Crippen molar-refractivity contribution in [2.75, 3.05) is 13.2 Å². The van der Waals surface area contributed by atoms with Gasteiger partial charge in [0.1, 0.15) is 18.8 Å². The van der Waals surface area contributed by atoms with E-state index in [9.17, 15) is 34.5 Å². The average Bonchev–Trinajstić information content (AvgIpc) is 3.47. The van der Waals surface area contributed by atoms with Crippen LogP contribution in [0.25, 0.3) is 0 Å². The van der Waals surface area contributed by atoms with Crippen molar-refractivity contribution < 1.29 is 58.2 Å². The lowest BCUT2D eigenvalue weighted by Gasteiger charge is -2.40. The molecule has 1 rings (SSSR count). The summed E-state index contributed by atoms with van der Waals surface area (Å²) in [6.45, 7) is 5.79. The number of hydrogen-bond donors (Lipinski definition) is 3. The Kier molecular flexibility index (Phi) is 50.3. The summed E-state index contributed by atoms with van der Waals surface area (Å²) < 4.78 is 28.5. The van der Waals surface area contributed by atoms with E-state index in [1.165, 1.54) is 70.6 Å². The summed E-state index contributed by atoms with van der Waals surface area (Å²) in [6.07, 6.45) is 58.3. The standard InChI is InChI=1S/C67H112O12/c1-4-7-10-13-16-19-22-25-27-29-30-32-34-37-40-43-46-49-52-55-61(70)78-65-63(72)62(71)64(66(73)74)79-67(65)76-57-58(77-60(69)54-51-48-45-42-39-35-24-21-18-15-12-9-6-3)56-75-59(68)53-50-47-44-41-38-36-33-31-28-26-23-20-17-14-11-8-5-2/h8,11-12,15,17,20-21,24-28,33,36,58,62-65,67,71-72H,4-7,9-10,13-14,16,18-19,22-23,29-32,34-35,37-57H2,1-3H3,(H,73,74)/b11-8-,15-12-,20-17-,24-21-,27-25-,28-26-,36-33-. The first-order valence-corrected chi connectivity index (χ1v) is 31.6. The summed E-state index contributed by atoms with van der Waals surface area (Å²) in [4.78, 5) is 51.2. The number of allylic oxidation sites excluding steroid dienone is 14. The van der Waals surface area contributed by atoms with E-state index < -0.39 is 67.3 Å². The molecule has 3 N–H and O–H groups in total. The quantitative estimate of drug-likeness (QED) is 0.0228. The van der Waals surface area contributed by atoms with E-state index in [4.69, 9.17) is 23.7 Å². The molecule has 1 saturated heterocycles. The van der Waals surface area contributed by atoms with Gasteiger partial charge < -0.3 is 39.0 Å². The highest BCUT2D eigenvalue weighted by molar-refractivity contribution is 5.74. The maximum atomic E-state index is 13.2. The summed E-state index contributed by atoms with van der Waals surface area (Å²) >= 11 is 0. The average molecular weight is 1110 g/mol. The van der Waals surface area contributed by atoms with Crippen LogP contribution >= 0.6 is 0 Å². The molecule has 12 nitrogen and oxygen atoms in total. The highest BCUT2D eigenvalue weighted by Gasteiger charge is 2.50. The molecule has 1 aliphatic rings. The van der Waals surface area contributed by atoms with Gasteiger partial charge in [-0.2, -0.15) is 0 Å². The predicted molar refractivity (Wildman–Crippen MR) is 321 cm³/mol. The maximum Gasteiger partial charge on any atom is 0.335 e. The summed E-state index contributed by atoms with van der Waals surface area (Å²) in [5, 5.41) is 31.6. The fourth-order valence-electron chi connectivity index (χ4n) is 9.10. The van der Waals surface area contributed by atoms with Crippen molar-refractivity contribution in [1.82, 2.24) is 0 Å². The van der Waals surface area contributed by atoms with Gasteiger partial charge in [-0.25, -0.2) is 4.79 Å². The molecule has 12 heteroatoms. The van der Waals surface area contributed by atoms with E-state index in [-0.39, 0.29) is 25.9 Å². The van der Waals surface area contributed by atoms with Gasteiger partial charge in [0, 0.05) is 19.3 Å². The van der Waals surface area contributed by atoms with E-state index in [2.05, 4.69) is 106 Å². The molecule has 0 spiro atoms. The highest BCUT2D eigenvalue weighted by Crippen LogP contribution is 2.26. The first kappa shape index (κ1) is 72.9. The van der Waals surface area contributed by atoms with Crippen LogP contribution in [-0.4, -0.2) is 89.2 Å². The zero-order valence-electron chi connectivity index (χ0n) is 49.8. The van der Waals surface area contributed by atoms with Gasteiger partial charge in [0.15, 0.2) is 24.6 Å². The van der Waals surface area contributed by atoms with E-state index in [1.807, 2.05) is 0 Å². The van der Waals surface area contributed by atoms with Gasteiger partial charge in [0.05, 0.1) is 6.61 Å². The Labute approximate surface area is 480 Å². The molecular weight excluding hydrogens is 997 g/mol. The second kappa shape index (κ2) is 54.5. The van der Waals surface area contributed by atoms with Crippen LogP contribution in [0, 0.1) is 0 Å². The lowest BCUT2D eigenvalue weighted by atomic mass is 9.98. The zero-order valence-corrected chi connectivity index (χ0v) is 49.8. The van der Waals surface area contributed by atoms with Crippen LogP contribution in [0.4, 0.5) is 0 Å². The molecule has 1 heterocycles. The maximum absolute atomic E-state index is 13.2. The minimum atomic E-state index is -1.91. The number of carboxylic acid groups (broad SMARTS) is 1. The highest BCUT2D eigenvalue weighted by atomic mass is 16.7. The molecule has 0 saturated carbocycles. The van der Waals surface area contributed by atoms with Crippen LogP contribution in [0.2, 0.25) is 0 Å². The first-order valence-electron chi connectivity index (χ1n) is 31.6. The second-order valence-electron chi connectivity index (χ2n) is 21.3. The van der Waals surface area contributed by atoms with Crippen LogP contribution in [0.3, 0.4) is 0 Å². The van der Waals surface area contributed by atoms with Crippen molar-refractivity contribution in [3.8, 4) is 0 Å². The summed E-state index contributed by atoms with van der Waals surface area (Å²) in [5.41, 5.74) is 0. The molecule has 79 heavy (non-hydrogen) atoms. The third-order valence-corrected chi connectivity index (χ3v) is 13.9. The SMILES string of the molecule is CC/C=C\C/C=C\C/C=C\C/C=C\CCCCCCC(=O)OCC(COC1OC(C(=O)O)C(O)C(O)C1OC(=O)CCCCCCCCCCC/C=C\CCCCCCCC)OC(=O)CCCCCCC/C=C\C/C=C\CCC. The van der Waals surface area contributed by atoms with Crippen LogP contribution in [0.1, 0.15) is 265 Å². The van der Waals surface area contributed by atoms with Gasteiger partial charge in [-0.15, -0.1) is 0 Å². The fraction of sp³-hybridized carbons (Fsp3) is 0.731. The number of aliphatic hydroxyl groups is 2. The van der Waals surface area contributed by atoms with Gasteiger partial charge in [0.2, 0.25) is 0 Å². The molecule has 1 fully saturated rings. The van der Waals surface area contributed by atoms with Crippen LogP contribution < -0.4 is 0 Å². The monoisotopic (exact) mass is 1110 g/mol. The van der Waals surface area contributed by atoms with Crippen molar-refractivity contribution in [3.63, 3.8) is 0 Å². The molecule has 0 amide bonds. The van der Waals surface area contributed by atoms with Gasteiger partial charge in [-0.1, -0.05) is 221 Å². The Balaban J connectivity index is 2.67. The number of carbonyl (C=O) groups is 4. The Morgan fingerprint density at radius 2 is 0.823 bits per heavy atom. The zero-order chi connectivity index (χ0) is 57.5. The molecule has 452 valence electrons. The van der Waals surface area contributed by atoms with Gasteiger partial charge >= 0.3 is 23.9 Å². The number of unbranched alkanes of at least 4 members (excludes halogenated alkanes) is 25. The topological polar surface area (TPSA) is 175 Å².